The Balaban J connectivity index is 2.39. The maximum absolute atomic E-state index is 10.5. The topological polar surface area (TPSA) is 80.6 Å². The molecule has 0 aliphatic heterocycles. The van der Waals surface area contributed by atoms with Crippen LogP contribution in [0.3, 0.4) is 0 Å². The number of carbonyl (C=O) groups is 1. The van der Waals surface area contributed by atoms with E-state index in [1.54, 1.807) is 16.9 Å². The molecule has 0 spiro atoms. The summed E-state index contributed by atoms with van der Waals surface area (Å²) in [5.41, 5.74) is 7.39. The van der Waals surface area contributed by atoms with Crippen molar-refractivity contribution in [1.82, 2.24) is 9.61 Å². The Hall–Kier alpha value is -1.88. The molecule has 2 heterocycles. The number of nitrogens with two attached hydrogens (primary N) is 1. The number of hydrogen-bond donors (Lipinski definition) is 2. The van der Waals surface area contributed by atoms with Gasteiger partial charge in [-0.15, -0.1) is 0 Å². The van der Waals surface area contributed by atoms with E-state index in [-0.39, 0.29) is 6.42 Å². The van der Waals surface area contributed by atoms with Crippen LogP contribution in [0.15, 0.2) is 30.6 Å². The van der Waals surface area contributed by atoms with E-state index in [1.807, 2.05) is 18.2 Å². The molecule has 1 unspecified atom stereocenters. The van der Waals surface area contributed by atoms with Crippen LogP contribution in [0.5, 0.6) is 0 Å². The summed E-state index contributed by atoms with van der Waals surface area (Å²) in [7, 11) is 0. The van der Waals surface area contributed by atoms with Crippen molar-refractivity contribution in [3.8, 4) is 0 Å². The van der Waals surface area contributed by atoms with Crippen molar-refractivity contribution in [2.45, 2.75) is 12.5 Å². The molecule has 0 amide bonds. The molecule has 0 aliphatic carbocycles. The molecule has 5 heteroatoms. The molecule has 3 N–H and O–H groups in total. The monoisotopic (exact) mass is 205 g/mol. The number of rotatable bonds is 3. The highest BCUT2D eigenvalue weighted by molar-refractivity contribution is 5.69. The van der Waals surface area contributed by atoms with Gasteiger partial charge in [0.2, 0.25) is 0 Å². The molecular weight excluding hydrogens is 194 g/mol. The molecule has 5 nitrogen and oxygen atoms in total. The van der Waals surface area contributed by atoms with Crippen LogP contribution in [-0.4, -0.2) is 20.7 Å². The van der Waals surface area contributed by atoms with Crippen molar-refractivity contribution < 1.29 is 9.90 Å². The lowest BCUT2D eigenvalue weighted by Gasteiger charge is -2.06. The van der Waals surface area contributed by atoms with E-state index in [0.29, 0.717) is 0 Å². The fraction of sp³-hybridized carbons (Fsp3) is 0.200. The largest absolute Gasteiger partial charge is 0.481 e. The van der Waals surface area contributed by atoms with Crippen LogP contribution < -0.4 is 5.73 Å². The number of carboxylic acids is 1. The van der Waals surface area contributed by atoms with Crippen molar-refractivity contribution in [3.05, 3.63) is 36.2 Å². The molecule has 2 aromatic heterocycles. The number of fused-ring (bicyclic) bond motifs is 1. The van der Waals surface area contributed by atoms with Crippen LogP contribution in [-0.2, 0) is 4.79 Å². The van der Waals surface area contributed by atoms with E-state index in [1.165, 1.54) is 0 Å². The van der Waals surface area contributed by atoms with Gasteiger partial charge in [-0.1, -0.05) is 6.07 Å². The van der Waals surface area contributed by atoms with E-state index < -0.39 is 12.0 Å². The molecule has 15 heavy (non-hydrogen) atoms. The van der Waals surface area contributed by atoms with E-state index in [9.17, 15) is 4.79 Å². The fourth-order valence-corrected chi connectivity index (χ4v) is 1.54. The summed E-state index contributed by atoms with van der Waals surface area (Å²) in [6.45, 7) is 0. The van der Waals surface area contributed by atoms with Crippen LogP contribution in [0, 0.1) is 0 Å². The molecule has 1 atom stereocenters. The summed E-state index contributed by atoms with van der Waals surface area (Å²) in [5, 5.41) is 12.7. The molecule has 0 fully saturated rings. The number of pyridine rings is 1. The first-order valence-electron chi connectivity index (χ1n) is 4.58. The Bertz CT molecular complexity index is 492. The number of hydrogen-bond acceptors (Lipinski definition) is 3. The molecule has 0 bridgehead atoms. The van der Waals surface area contributed by atoms with Gasteiger partial charge in [-0.3, -0.25) is 4.79 Å². The number of aromatic nitrogens is 2. The average Bonchev–Trinajstić information content (AvgIpc) is 2.59. The van der Waals surface area contributed by atoms with Crippen LogP contribution in [0.1, 0.15) is 18.0 Å². The first kappa shape index (κ1) is 9.67. The predicted molar refractivity (Wildman–Crippen MR) is 54.4 cm³/mol. The molecule has 0 saturated carbocycles. The predicted octanol–water partition coefficient (Wildman–Crippen LogP) is 0.809. The molecule has 78 valence electrons. The minimum absolute atomic E-state index is 0.0871. The first-order valence-corrected chi connectivity index (χ1v) is 4.58. The summed E-state index contributed by atoms with van der Waals surface area (Å²) in [6, 6.07) is 5.08. The minimum Gasteiger partial charge on any atom is -0.481 e. The summed E-state index contributed by atoms with van der Waals surface area (Å²) >= 11 is 0. The van der Waals surface area contributed by atoms with Crippen LogP contribution in [0.4, 0.5) is 0 Å². The standard InChI is InChI=1S/C10H11N3O2/c11-8(5-10(14)15)7-6-12-13-4-2-1-3-9(7)13/h1-4,6,8H,5,11H2,(H,14,15). The van der Waals surface area contributed by atoms with E-state index in [4.69, 9.17) is 10.8 Å². The summed E-state index contributed by atoms with van der Waals surface area (Å²) in [4.78, 5) is 10.5. The average molecular weight is 205 g/mol. The maximum atomic E-state index is 10.5. The molecule has 2 aromatic rings. The second-order valence-electron chi connectivity index (χ2n) is 3.33. The third-order valence-corrected chi connectivity index (χ3v) is 2.25. The highest BCUT2D eigenvalue weighted by Crippen LogP contribution is 2.19. The van der Waals surface area contributed by atoms with Crippen molar-refractivity contribution in [2.24, 2.45) is 5.73 Å². The van der Waals surface area contributed by atoms with E-state index in [0.717, 1.165) is 11.1 Å². The van der Waals surface area contributed by atoms with Gasteiger partial charge in [0.05, 0.1) is 18.1 Å². The molecule has 2 rings (SSSR count). The zero-order valence-corrected chi connectivity index (χ0v) is 8.00. The Morgan fingerprint density at radius 3 is 3.13 bits per heavy atom. The number of nitrogens with zero attached hydrogens (tertiary/aromatic N) is 2. The SMILES string of the molecule is NC(CC(=O)O)c1cnn2ccccc12. The Kier molecular flexibility index (Phi) is 2.39. The van der Waals surface area contributed by atoms with Gasteiger partial charge in [0.25, 0.3) is 0 Å². The molecule has 0 aromatic carbocycles. The molecule has 0 saturated heterocycles. The zero-order chi connectivity index (χ0) is 10.8. The van der Waals surface area contributed by atoms with E-state index >= 15 is 0 Å². The van der Waals surface area contributed by atoms with Crippen LogP contribution in [0.2, 0.25) is 0 Å². The quantitative estimate of drug-likeness (QED) is 0.776. The van der Waals surface area contributed by atoms with Gasteiger partial charge in [-0.05, 0) is 12.1 Å². The summed E-state index contributed by atoms with van der Waals surface area (Å²) < 4.78 is 1.68. The lowest BCUT2D eigenvalue weighted by atomic mass is 10.1. The summed E-state index contributed by atoms with van der Waals surface area (Å²) in [6.07, 6.45) is 3.32. The van der Waals surface area contributed by atoms with Crippen molar-refractivity contribution in [3.63, 3.8) is 0 Å². The van der Waals surface area contributed by atoms with E-state index in [2.05, 4.69) is 5.10 Å². The Morgan fingerprint density at radius 1 is 1.60 bits per heavy atom. The van der Waals surface area contributed by atoms with Gasteiger partial charge < -0.3 is 10.8 Å². The summed E-state index contributed by atoms with van der Waals surface area (Å²) in [5.74, 6) is -0.905. The smallest absolute Gasteiger partial charge is 0.305 e. The van der Waals surface area contributed by atoms with Crippen molar-refractivity contribution >= 4 is 11.5 Å². The van der Waals surface area contributed by atoms with Crippen LogP contribution in [0.25, 0.3) is 5.52 Å². The van der Waals surface area contributed by atoms with Gasteiger partial charge in [-0.2, -0.15) is 5.10 Å². The highest BCUT2D eigenvalue weighted by atomic mass is 16.4. The highest BCUT2D eigenvalue weighted by Gasteiger charge is 2.14. The number of aliphatic carboxylic acids is 1. The van der Waals surface area contributed by atoms with Crippen LogP contribution >= 0.6 is 0 Å². The zero-order valence-electron chi connectivity index (χ0n) is 8.00. The van der Waals surface area contributed by atoms with Gasteiger partial charge in [-0.25, -0.2) is 4.52 Å². The second kappa shape index (κ2) is 3.70. The van der Waals surface area contributed by atoms with Gasteiger partial charge in [0.15, 0.2) is 0 Å². The molecule has 0 radical (unpaired) electrons. The van der Waals surface area contributed by atoms with Gasteiger partial charge in [0, 0.05) is 17.8 Å². The molecule has 0 aliphatic rings. The molecular formula is C10H11N3O2. The Labute approximate surface area is 86.1 Å². The fourth-order valence-electron chi connectivity index (χ4n) is 1.54. The van der Waals surface area contributed by atoms with Crippen molar-refractivity contribution in [1.29, 1.82) is 0 Å². The van der Waals surface area contributed by atoms with Gasteiger partial charge in [0.1, 0.15) is 0 Å². The van der Waals surface area contributed by atoms with Crippen molar-refractivity contribution in [2.75, 3.05) is 0 Å². The van der Waals surface area contributed by atoms with Gasteiger partial charge >= 0.3 is 5.97 Å². The first-order chi connectivity index (χ1) is 7.18. The lowest BCUT2D eigenvalue weighted by molar-refractivity contribution is -0.137. The Morgan fingerprint density at radius 2 is 2.40 bits per heavy atom. The maximum Gasteiger partial charge on any atom is 0.305 e. The third-order valence-electron chi connectivity index (χ3n) is 2.25. The third kappa shape index (κ3) is 1.82. The lowest BCUT2D eigenvalue weighted by Crippen LogP contribution is -2.14. The normalized spacial score (nSPS) is 12.9. The minimum atomic E-state index is -0.905. The second-order valence-corrected chi connectivity index (χ2v) is 3.33. The number of carboxylic acid groups (broad SMARTS) is 1.